The van der Waals surface area contributed by atoms with Crippen molar-refractivity contribution in [2.24, 2.45) is 0 Å². The topological polar surface area (TPSA) is 83.0 Å². The quantitative estimate of drug-likeness (QED) is 0.882. The molecule has 0 unspecified atom stereocenters. The van der Waals surface area contributed by atoms with E-state index in [0.29, 0.717) is 16.3 Å². The van der Waals surface area contributed by atoms with Gasteiger partial charge in [0.25, 0.3) is 5.56 Å². The number of aromatic nitrogens is 1. The number of aromatic amines is 1. The van der Waals surface area contributed by atoms with E-state index in [1.807, 2.05) is 6.07 Å². The molecule has 1 aromatic heterocycles. The summed E-state index contributed by atoms with van der Waals surface area (Å²) in [7, 11) is 0. The van der Waals surface area contributed by atoms with Crippen LogP contribution in [0, 0.1) is 18.3 Å². The molecule has 1 heterocycles. The number of H-pyrrole nitrogens is 1. The average molecular weight is 317 g/mol. The Morgan fingerprint density at radius 1 is 1.36 bits per heavy atom. The first-order valence-electron chi connectivity index (χ1n) is 6.59. The molecule has 0 aliphatic carbocycles. The number of nitrogens with one attached hydrogen (secondary N) is 1. The van der Waals surface area contributed by atoms with E-state index in [4.69, 9.17) is 16.3 Å². The first kappa shape index (κ1) is 15.8. The van der Waals surface area contributed by atoms with Crippen LogP contribution < -0.4 is 5.56 Å². The molecule has 0 saturated heterocycles. The number of carbonyl (C=O) groups is 1. The van der Waals surface area contributed by atoms with Crippen LogP contribution in [0.3, 0.4) is 0 Å². The van der Waals surface area contributed by atoms with Crippen molar-refractivity contribution in [2.45, 2.75) is 13.8 Å². The number of hydrogen-bond acceptors (Lipinski definition) is 4. The van der Waals surface area contributed by atoms with E-state index >= 15 is 0 Å². The number of halogens is 1. The van der Waals surface area contributed by atoms with E-state index in [0.717, 1.165) is 0 Å². The zero-order chi connectivity index (χ0) is 16.3. The number of ether oxygens (including phenoxy) is 1. The molecule has 0 bridgehead atoms. The van der Waals surface area contributed by atoms with E-state index in [2.05, 4.69) is 4.98 Å². The number of esters is 1. The number of aryl methyl sites for hydroxylation is 1. The maximum Gasteiger partial charge on any atom is 0.340 e. The summed E-state index contributed by atoms with van der Waals surface area (Å²) in [5, 5.41) is 9.81. The number of carbonyl (C=O) groups excluding carboxylic acids is 1. The lowest BCUT2D eigenvalue weighted by molar-refractivity contribution is 0.0526. The van der Waals surface area contributed by atoms with Gasteiger partial charge in [0.2, 0.25) is 0 Å². The highest BCUT2D eigenvalue weighted by molar-refractivity contribution is 6.30. The van der Waals surface area contributed by atoms with Gasteiger partial charge in [0.05, 0.1) is 12.2 Å². The molecule has 112 valence electrons. The van der Waals surface area contributed by atoms with Gasteiger partial charge in [0.15, 0.2) is 0 Å². The van der Waals surface area contributed by atoms with Gasteiger partial charge >= 0.3 is 5.97 Å². The van der Waals surface area contributed by atoms with Crippen molar-refractivity contribution in [3.05, 3.63) is 56.5 Å². The zero-order valence-electron chi connectivity index (χ0n) is 12.1. The van der Waals surface area contributed by atoms with E-state index in [1.54, 1.807) is 38.1 Å². The predicted octanol–water partition coefficient (Wildman–Crippen LogP) is 3.05. The third-order valence-electron chi connectivity index (χ3n) is 3.13. The molecule has 1 N–H and O–H groups in total. The second kappa shape index (κ2) is 6.46. The van der Waals surface area contributed by atoms with Crippen molar-refractivity contribution in [1.82, 2.24) is 4.98 Å². The number of nitrogens with zero attached hydrogens (tertiary/aromatic N) is 1. The molecule has 5 nitrogen and oxygen atoms in total. The molecule has 1 aromatic carbocycles. The highest BCUT2D eigenvalue weighted by atomic mass is 35.5. The summed E-state index contributed by atoms with van der Waals surface area (Å²) < 4.78 is 5.04. The summed E-state index contributed by atoms with van der Waals surface area (Å²) >= 11 is 5.86. The van der Waals surface area contributed by atoms with Crippen molar-refractivity contribution in [1.29, 1.82) is 5.26 Å². The highest BCUT2D eigenvalue weighted by Gasteiger charge is 2.23. The fraction of sp³-hybridized carbons (Fsp3) is 0.188. The monoisotopic (exact) mass is 316 g/mol. The lowest BCUT2D eigenvalue weighted by atomic mass is 9.95. The number of nitriles is 1. The third kappa shape index (κ3) is 2.87. The standard InChI is InChI=1S/C16H13ClN2O3/c1-3-22-16(21)13-9(2)19-15(20)12(8-18)14(13)10-4-6-11(17)7-5-10/h4-7H,3H2,1-2H3,(H,19,20). The summed E-state index contributed by atoms with van der Waals surface area (Å²) in [5.74, 6) is -0.585. The largest absolute Gasteiger partial charge is 0.462 e. The van der Waals surface area contributed by atoms with Crippen molar-refractivity contribution in [2.75, 3.05) is 6.61 Å². The zero-order valence-corrected chi connectivity index (χ0v) is 12.8. The number of pyridine rings is 1. The maximum absolute atomic E-state index is 12.2. The minimum atomic E-state index is -0.585. The Kier molecular flexibility index (Phi) is 4.64. The van der Waals surface area contributed by atoms with E-state index in [-0.39, 0.29) is 23.3 Å². The summed E-state index contributed by atoms with van der Waals surface area (Å²) in [4.78, 5) is 26.7. The van der Waals surface area contributed by atoms with Gasteiger partial charge in [-0.3, -0.25) is 4.79 Å². The SMILES string of the molecule is CCOC(=O)c1c(C)[nH]c(=O)c(C#N)c1-c1ccc(Cl)cc1. The Morgan fingerprint density at radius 3 is 2.55 bits per heavy atom. The van der Waals surface area contributed by atoms with Gasteiger partial charge in [-0.2, -0.15) is 5.26 Å². The molecule has 0 saturated carbocycles. The van der Waals surface area contributed by atoms with Gasteiger partial charge in [-0.25, -0.2) is 4.79 Å². The van der Waals surface area contributed by atoms with Crippen LogP contribution in [0.5, 0.6) is 0 Å². The Hall–Kier alpha value is -2.58. The van der Waals surface area contributed by atoms with Crippen LogP contribution in [-0.2, 0) is 4.74 Å². The Morgan fingerprint density at radius 2 is 2.00 bits per heavy atom. The normalized spacial score (nSPS) is 10.1. The van der Waals surface area contributed by atoms with Crippen molar-refractivity contribution >= 4 is 17.6 Å². The molecule has 6 heteroatoms. The Balaban J connectivity index is 2.83. The molecule has 0 aliphatic rings. The number of benzene rings is 1. The van der Waals surface area contributed by atoms with Gasteiger partial charge in [-0.15, -0.1) is 0 Å². The van der Waals surface area contributed by atoms with Gasteiger partial charge < -0.3 is 9.72 Å². The van der Waals surface area contributed by atoms with Crippen LogP contribution in [0.1, 0.15) is 28.5 Å². The minimum Gasteiger partial charge on any atom is -0.462 e. The molecule has 0 aliphatic heterocycles. The summed E-state index contributed by atoms with van der Waals surface area (Å²) in [5.41, 5.74) is 0.679. The predicted molar refractivity (Wildman–Crippen MR) is 82.9 cm³/mol. The fourth-order valence-electron chi connectivity index (χ4n) is 2.19. The van der Waals surface area contributed by atoms with Crippen LogP contribution >= 0.6 is 11.6 Å². The van der Waals surface area contributed by atoms with E-state index < -0.39 is 11.5 Å². The molecular formula is C16H13ClN2O3. The molecule has 2 rings (SSSR count). The van der Waals surface area contributed by atoms with Crippen molar-refractivity contribution in [3.63, 3.8) is 0 Å². The first-order chi connectivity index (χ1) is 10.5. The maximum atomic E-state index is 12.2. The van der Waals surface area contributed by atoms with Crippen LogP contribution in [0.15, 0.2) is 29.1 Å². The lowest BCUT2D eigenvalue weighted by Crippen LogP contribution is -2.20. The third-order valence-corrected chi connectivity index (χ3v) is 3.38. The molecule has 0 fully saturated rings. The fourth-order valence-corrected chi connectivity index (χ4v) is 2.32. The Labute approximate surface area is 132 Å². The molecule has 0 spiro atoms. The number of rotatable bonds is 3. The molecule has 2 aromatic rings. The second-order valence-electron chi connectivity index (χ2n) is 4.54. The van der Waals surface area contributed by atoms with E-state index in [1.165, 1.54) is 0 Å². The van der Waals surface area contributed by atoms with Crippen LogP contribution in [0.4, 0.5) is 0 Å². The summed E-state index contributed by atoms with van der Waals surface area (Å²) in [6, 6.07) is 8.42. The van der Waals surface area contributed by atoms with Crippen LogP contribution in [-0.4, -0.2) is 17.6 Å². The van der Waals surface area contributed by atoms with Gasteiger partial charge in [-0.05, 0) is 31.5 Å². The van der Waals surface area contributed by atoms with Crippen LogP contribution in [0.25, 0.3) is 11.1 Å². The highest BCUT2D eigenvalue weighted by Crippen LogP contribution is 2.29. The Bertz CT molecular complexity index is 817. The van der Waals surface area contributed by atoms with Gasteiger partial charge in [0, 0.05) is 16.3 Å². The lowest BCUT2D eigenvalue weighted by Gasteiger charge is -2.13. The molecule has 0 atom stereocenters. The molecule has 22 heavy (non-hydrogen) atoms. The second-order valence-corrected chi connectivity index (χ2v) is 4.98. The number of hydrogen-bond donors (Lipinski definition) is 1. The van der Waals surface area contributed by atoms with Crippen LogP contribution in [0.2, 0.25) is 5.02 Å². The minimum absolute atomic E-state index is 0.129. The van der Waals surface area contributed by atoms with Crippen molar-refractivity contribution < 1.29 is 9.53 Å². The smallest absolute Gasteiger partial charge is 0.340 e. The summed E-state index contributed by atoms with van der Waals surface area (Å²) in [6.45, 7) is 3.47. The first-order valence-corrected chi connectivity index (χ1v) is 6.97. The van der Waals surface area contributed by atoms with E-state index in [9.17, 15) is 14.9 Å². The molecule has 0 amide bonds. The van der Waals surface area contributed by atoms with Crippen molar-refractivity contribution in [3.8, 4) is 17.2 Å². The van der Waals surface area contributed by atoms with Gasteiger partial charge in [0.1, 0.15) is 11.6 Å². The molecule has 0 radical (unpaired) electrons. The molecular weight excluding hydrogens is 304 g/mol. The average Bonchev–Trinajstić information content (AvgIpc) is 2.47. The summed E-state index contributed by atoms with van der Waals surface area (Å²) in [6.07, 6.45) is 0. The van der Waals surface area contributed by atoms with Gasteiger partial charge in [-0.1, -0.05) is 23.7 Å².